The smallest absolute Gasteiger partial charge is 0.254 e. The average Bonchev–Trinajstić information content (AvgIpc) is 3.25. The van der Waals surface area contributed by atoms with E-state index in [-0.39, 0.29) is 16.7 Å². The van der Waals surface area contributed by atoms with Crippen molar-refractivity contribution in [3.8, 4) is 0 Å². The van der Waals surface area contributed by atoms with Crippen LogP contribution < -0.4 is 0 Å². The van der Waals surface area contributed by atoms with Crippen molar-refractivity contribution in [3.63, 3.8) is 0 Å². The first-order chi connectivity index (χ1) is 16.0. The molecule has 4 rings (SSSR count). The summed E-state index contributed by atoms with van der Waals surface area (Å²) in [5.74, 6) is 1.16. The number of thioether (sulfide) groups is 1. The highest BCUT2D eigenvalue weighted by Gasteiger charge is 2.47. The first-order valence-electron chi connectivity index (χ1n) is 12.1. The lowest BCUT2D eigenvalue weighted by atomic mass is 9.99. The molecule has 0 saturated carbocycles. The van der Waals surface area contributed by atoms with Crippen molar-refractivity contribution >= 4 is 39.5 Å². The third-order valence-corrected chi connectivity index (χ3v) is 8.95. The lowest BCUT2D eigenvalue weighted by Crippen LogP contribution is -2.53. The number of amides is 2. The van der Waals surface area contributed by atoms with Gasteiger partial charge in [0.05, 0.1) is 4.87 Å². The number of carbonyl (C=O) groups excluding carboxylic acids is 2. The molecular weight excluding hydrogens is 496 g/mol. The summed E-state index contributed by atoms with van der Waals surface area (Å²) in [6.45, 7) is 4.38. The minimum absolute atomic E-state index is 0.0989. The normalized spacial score (nSPS) is 17.5. The number of rotatable bonds is 7. The van der Waals surface area contributed by atoms with Gasteiger partial charge in [-0.05, 0) is 67.6 Å². The topological polar surface area (TPSA) is 40.6 Å². The number of piperidine rings is 1. The molecule has 33 heavy (non-hydrogen) atoms. The summed E-state index contributed by atoms with van der Waals surface area (Å²) in [7, 11) is 0. The molecule has 1 spiro atoms. The van der Waals surface area contributed by atoms with Gasteiger partial charge in [-0.15, -0.1) is 11.8 Å². The monoisotopic (exact) mass is 528 g/mol. The Morgan fingerprint density at radius 3 is 2.18 bits per heavy atom. The van der Waals surface area contributed by atoms with Gasteiger partial charge in [-0.2, -0.15) is 0 Å². The van der Waals surface area contributed by atoms with Crippen LogP contribution >= 0.6 is 27.7 Å². The van der Waals surface area contributed by atoms with Crippen LogP contribution in [0.1, 0.15) is 71.7 Å². The van der Waals surface area contributed by atoms with E-state index in [0.717, 1.165) is 47.2 Å². The maximum atomic E-state index is 13.2. The van der Waals surface area contributed by atoms with Gasteiger partial charge in [0.25, 0.3) is 11.8 Å². The molecule has 2 aliphatic rings. The summed E-state index contributed by atoms with van der Waals surface area (Å²) in [6.07, 6.45) is 7.74. The van der Waals surface area contributed by atoms with E-state index in [1.54, 1.807) is 0 Å². The van der Waals surface area contributed by atoms with Crippen LogP contribution in [0.2, 0.25) is 0 Å². The fourth-order valence-corrected chi connectivity index (χ4v) is 6.59. The highest BCUT2D eigenvalue weighted by molar-refractivity contribution is 9.10. The van der Waals surface area contributed by atoms with Gasteiger partial charge in [0.15, 0.2) is 0 Å². The Labute approximate surface area is 210 Å². The number of hydrogen-bond acceptors (Lipinski definition) is 3. The quantitative estimate of drug-likeness (QED) is 0.390. The van der Waals surface area contributed by atoms with Crippen LogP contribution in [0, 0.1) is 0 Å². The lowest BCUT2D eigenvalue weighted by Gasteiger charge is -2.44. The van der Waals surface area contributed by atoms with Crippen LogP contribution in [0.25, 0.3) is 0 Å². The molecule has 176 valence electrons. The molecule has 4 nitrogen and oxygen atoms in total. The fourth-order valence-electron chi connectivity index (χ4n) is 4.87. The number of aryl methyl sites for hydroxylation is 1. The van der Waals surface area contributed by atoms with E-state index in [1.807, 2.05) is 53.1 Å². The number of carbonyl (C=O) groups is 2. The van der Waals surface area contributed by atoms with Crippen molar-refractivity contribution in [2.24, 2.45) is 0 Å². The van der Waals surface area contributed by atoms with Gasteiger partial charge in [-0.1, -0.05) is 54.2 Å². The number of halogens is 1. The minimum atomic E-state index is -0.191. The van der Waals surface area contributed by atoms with Gasteiger partial charge >= 0.3 is 0 Å². The average molecular weight is 530 g/mol. The van der Waals surface area contributed by atoms with Crippen LogP contribution in [0.3, 0.4) is 0 Å². The van der Waals surface area contributed by atoms with Gasteiger partial charge in [0.1, 0.15) is 0 Å². The van der Waals surface area contributed by atoms with E-state index in [2.05, 4.69) is 39.9 Å². The molecular formula is C27H33BrN2O2S. The van der Waals surface area contributed by atoms with Crippen LogP contribution in [0.15, 0.2) is 53.0 Å². The Bertz CT molecular complexity index is 953. The fraction of sp³-hybridized carbons (Fsp3) is 0.481. The number of benzene rings is 2. The summed E-state index contributed by atoms with van der Waals surface area (Å²) in [6, 6.07) is 15.8. The van der Waals surface area contributed by atoms with E-state index in [1.165, 1.54) is 31.2 Å². The summed E-state index contributed by atoms with van der Waals surface area (Å²) in [5, 5.41) is 0. The predicted molar refractivity (Wildman–Crippen MR) is 140 cm³/mol. The first-order valence-corrected chi connectivity index (χ1v) is 13.9. The molecule has 0 aliphatic carbocycles. The number of hydrogen-bond donors (Lipinski definition) is 0. The maximum Gasteiger partial charge on any atom is 0.254 e. The molecule has 6 heteroatoms. The van der Waals surface area contributed by atoms with E-state index in [9.17, 15) is 9.59 Å². The van der Waals surface area contributed by atoms with Gasteiger partial charge < -0.3 is 9.80 Å². The molecule has 2 amide bonds. The zero-order valence-corrected chi connectivity index (χ0v) is 21.8. The zero-order valence-electron chi connectivity index (χ0n) is 19.4. The van der Waals surface area contributed by atoms with Crippen molar-refractivity contribution < 1.29 is 9.59 Å². The second kappa shape index (κ2) is 11.1. The van der Waals surface area contributed by atoms with E-state index in [0.29, 0.717) is 13.1 Å². The van der Waals surface area contributed by atoms with Gasteiger partial charge in [-0.3, -0.25) is 9.59 Å². The Morgan fingerprint density at radius 2 is 1.52 bits per heavy atom. The molecule has 0 radical (unpaired) electrons. The molecule has 0 atom stereocenters. The third kappa shape index (κ3) is 5.65. The van der Waals surface area contributed by atoms with Crippen molar-refractivity contribution in [2.75, 3.05) is 25.4 Å². The third-order valence-electron chi connectivity index (χ3n) is 6.87. The molecule has 0 N–H and O–H groups in total. The molecule has 2 heterocycles. The van der Waals surface area contributed by atoms with E-state index < -0.39 is 0 Å². The maximum absolute atomic E-state index is 13.2. The second-order valence-corrected chi connectivity index (χ2v) is 11.4. The van der Waals surface area contributed by atoms with Crippen molar-refractivity contribution in [1.29, 1.82) is 0 Å². The standard InChI is InChI=1S/C27H33BrN2O2S/c1-2-3-4-5-6-21-7-9-22(10-8-21)25(31)29-17-15-27(16-18-29)30(19-20-33-27)26(32)23-11-13-24(28)14-12-23/h7-14H,2-6,15-20H2,1H3. The number of nitrogens with zero attached hydrogens (tertiary/aromatic N) is 2. The second-order valence-electron chi connectivity index (χ2n) is 9.06. The molecule has 0 bridgehead atoms. The van der Waals surface area contributed by atoms with Crippen LogP contribution in [-0.2, 0) is 6.42 Å². The Morgan fingerprint density at radius 1 is 0.879 bits per heavy atom. The van der Waals surface area contributed by atoms with Crippen LogP contribution in [0.4, 0.5) is 0 Å². The van der Waals surface area contributed by atoms with Crippen LogP contribution in [0.5, 0.6) is 0 Å². The summed E-state index contributed by atoms with van der Waals surface area (Å²) in [4.78, 5) is 30.2. The molecule has 2 fully saturated rings. The molecule has 0 unspecified atom stereocenters. The minimum Gasteiger partial charge on any atom is -0.338 e. The highest BCUT2D eigenvalue weighted by Crippen LogP contribution is 2.44. The van der Waals surface area contributed by atoms with Crippen molar-refractivity contribution in [3.05, 3.63) is 69.7 Å². The predicted octanol–water partition coefficient (Wildman–Crippen LogP) is 6.39. The van der Waals surface area contributed by atoms with Crippen LogP contribution in [-0.4, -0.2) is 51.9 Å². The van der Waals surface area contributed by atoms with Crippen molar-refractivity contribution in [2.45, 2.75) is 56.7 Å². The molecule has 2 aliphatic heterocycles. The van der Waals surface area contributed by atoms with Gasteiger partial charge in [0, 0.05) is 41.0 Å². The van der Waals surface area contributed by atoms with E-state index >= 15 is 0 Å². The zero-order chi connectivity index (χ0) is 23.3. The van der Waals surface area contributed by atoms with Crippen molar-refractivity contribution in [1.82, 2.24) is 9.80 Å². The van der Waals surface area contributed by atoms with Gasteiger partial charge in [0.2, 0.25) is 0 Å². The Balaban J connectivity index is 1.35. The summed E-state index contributed by atoms with van der Waals surface area (Å²) >= 11 is 5.32. The van der Waals surface area contributed by atoms with Gasteiger partial charge in [-0.25, -0.2) is 0 Å². The summed E-state index contributed by atoms with van der Waals surface area (Å²) in [5.41, 5.74) is 2.81. The number of likely N-dealkylation sites (tertiary alicyclic amines) is 1. The molecule has 2 aromatic rings. The largest absolute Gasteiger partial charge is 0.338 e. The Hall–Kier alpha value is -1.79. The highest BCUT2D eigenvalue weighted by atomic mass is 79.9. The molecule has 0 aromatic heterocycles. The number of unbranched alkanes of at least 4 members (excludes halogenated alkanes) is 3. The SMILES string of the molecule is CCCCCCc1ccc(C(=O)N2CCC3(CC2)SCCN3C(=O)c2ccc(Br)cc2)cc1. The first kappa shape index (κ1) is 24.3. The Kier molecular flexibility index (Phi) is 8.18. The lowest BCUT2D eigenvalue weighted by molar-refractivity contribution is 0.0498. The van der Waals surface area contributed by atoms with E-state index in [4.69, 9.17) is 0 Å². The summed E-state index contributed by atoms with van der Waals surface area (Å²) < 4.78 is 0.973. The molecule has 2 aromatic carbocycles. The molecule has 2 saturated heterocycles.